The molecule has 0 bridgehead atoms. The Bertz CT molecular complexity index is 216. The maximum atomic E-state index is 11.6. The molecule has 0 amide bonds. The number of unbranched alkanes of at least 4 members (excludes halogenated alkanes) is 2. The van der Waals surface area contributed by atoms with E-state index in [0.717, 1.165) is 6.42 Å². The maximum Gasteiger partial charge on any atom is 0.309 e. The van der Waals surface area contributed by atoms with Gasteiger partial charge in [-0.25, -0.2) is 0 Å². The molecule has 0 spiro atoms. The van der Waals surface area contributed by atoms with E-state index in [1.165, 1.54) is 20.0 Å². The van der Waals surface area contributed by atoms with Crippen LogP contribution in [0, 0.1) is 0 Å². The number of carbonyl (C=O) groups excluding carboxylic acids is 1. The molecular formula is C12H24O2Si. The molecule has 0 N–H and O–H groups in total. The molecule has 0 saturated heterocycles. The van der Waals surface area contributed by atoms with Gasteiger partial charge in [-0.2, -0.15) is 0 Å². The summed E-state index contributed by atoms with van der Waals surface area (Å²) in [6.45, 7) is 8.75. The summed E-state index contributed by atoms with van der Waals surface area (Å²) < 4.78 is 4.84. The lowest BCUT2D eigenvalue weighted by molar-refractivity contribution is -0.139. The van der Waals surface area contributed by atoms with Gasteiger partial charge in [0.2, 0.25) is 0 Å². The second-order valence-electron chi connectivity index (χ2n) is 4.94. The highest BCUT2D eigenvalue weighted by molar-refractivity contribution is 6.80. The van der Waals surface area contributed by atoms with Gasteiger partial charge in [-0.1, -0.05) is 51.6 Å². The zero-order valence-electron chi connectivity index (χ0n) is 10.7. The number of methoxy groups -OCH3 is 1. The molecule has 0 heterocycles. The van der Waals surface area contributed by atoms with Crippen LogP contribution in [-0.2, 0) is 9.53 Å². The van der Waals surface area contributed by atoms with Crippen LogP contribution < -0.4 is 0 Å². The Balaban J connectivity index is 4.39. The molecule has 0 aliphatic heterocycles. The summed E-state index contributed by atoms with van der Waals surface area (Å²) in [4.78, 5) is 11.6. The maximum absolute atomic E-state index is 11.6. The van der Waals surface area contributed by atoms with Crippen molar-refractivity contribution in [3.05, 3.63) is 12.2 Å². The second kappa shape index (κ2) is 6.83. The topological polar surface area (TPSA) is 26.3 Å². The van der Waals surface area contributed by atoms with Crippen molar-refractivity contribution in [3.8, 4) is 0 Å². The highest BCUT2D eigenvalue weighted by Crippen LogP contribution is 2.24. The van der Waals surface area contributed by atoms with E-state index in [0.29, 0.717) is 0 Å². The summed E-state index contributed by atoms with van der Waals surface area (Å²) in [5, 5.41) is 0. The summed E-state index contributed by atoms with van der Waals surface area (Å²) in [5.41, 5.74) is -0.000596. The average molecular weight is 228 g/mol. The van der Waals surface area contributed by atoms with Gasteiger partial charge in [0, 0.05) is 0 Å². The Hall–Kier alpha value is -0.573. The Morgan fingerprint density at radius 2 is 2.00 bits per heavy atom. The molecule has 0 saturated carbocycles. The van der Waals surface area contributed by atoms with Crippen molar-refractivity contribution in [2.45, 2.75) is 51.4 Å². The van der Waals surface area contributed by atoms with Crippen LogP contribution in [0.4, 0.5) is 0 Å². The predicted octanol–water partition coefficient (Wildman–Crippen LogP) is 3.61. The van der Waals surface area contributed by atoms with Crippen molar-refractivity contribution in [3.63, 3.8) is 0 Å². The zero-order valence-corrected chi connectivity index (χ0v) is 11.7. The molecule has 0 aromatic rings. The van der Waals surface area contributed by atoms with Gasteiger partial charge in [0.25, 0.3) is 0 Å². The van der Waals surface area contributed by atoms with Crippen molar-refractivity contribution in [1.29, 1.82) is 0 Å². The van der Waals surface area contributed by atoms with Crippen LogP contribution in [0.5, 0.6) is 0 Å². The summed E-state index contributed by atoms with van der Waals surface area (Å²) in [5.74, 6) is -0.0816. The van der Waals surface area contributed by atoms with Crippen molar-refractivity contribution < 1.29 is 9.53 Å². The number of carbonyl (C=O) groups is 1. The predicted molar refractivity (Wildman–Crippen MR) is 67.8 cm³/mol. The molecule has 15 heavy (non-hydrogen) atoms. The fourth-order valence-corrected chi connectivity index (χ4v) is 2.94. The second-order valence-corrected chi connectivity index (χ2v) is 10.3. The van der Waals surface area contributed by atoms with Crippen LogP contribution in [0.1, 0.15) is 26.2 Å². The van der Waals surface area contributed by atoms with Crippen molar-refractivity contribution in [2.75, 3.05) is 7.11 Å². The smallest absolute Gasteiger partial charge is 0.309 e. The minimum absolute atomic E-state index is 0.000596. The zero-order chi connectivity index (χ0) is 11.9. The van der Waals surface area contributed by atoms with E-state index < -0.39 is 8.07 Å². The van der Waals surface area contributed by atoms with Crippen LogP contribution in [-0.4, -0.2) is 21.2 Å². The average Bonchev–Trinajstić information content (AvgIpc) is 2.15. The molecule has 3 heteroatoms. The molecule has 0 aromatic heterocycles. The molecule has 0 aliphatic rings. The van der Waals surface area contributed by atoms with E-state index in [9.17, 15) is 4.79 Å². The summed E-state index contributed by atoms with van der Waals surface area (Å²) in [6.07, 6.45) is 7.63. The monoisotopic (exact) mass is 228 g/mol. The first kappa shape index (κ1) is 14.4. The van der Waals surface area contributed by atoms with Gasteiger partial charge in [-0.3, -0.25) is 4.79 Å². The number of hydrogen-bond donors (Lipinski definition) is 0. The highest BCUT2D eigenvalue weighted by Gasteiger charge is 2.31. The van der Waals surface area contributed by atoms with E-state index in [4.69, 9.17) is 4.74 Å². The Morgan fingerprint density at radius 3 is 2.40 bits per heavy atom. The fraction of sp³-hybridized carbons (Fsp3) is 0.750. The molecule has 0 aliphatic carbocycles. The van der Waals surface area contributed by atoms with Crippen molar-refractivity contribution in [2.24, 2.45) is 0 Å². The highest BCUT2D eigenvalue weighted by atomic mass is 28.3. The summed E-state index contributed by atoms with van der Waals surface area (Å²) >= 11 is 0. The Labute approximate surface area is 94.7 Å². The lowest BCUT2D eigenvalue weighted by Gasteiger charge is -2.23. The van der Waals surface area contributed by atoms with Gasteiger partial charge >= 0.3 is 5.97 Å². The molecule has 0 fully saturated rings. The van der Waals surface area contributed by atoms with E-state index in [-0.39, 0.29) is 11.5 Å². The third kappa shape index (κ3) is 5.77. The minimum atomic E-state index is -1.49. The van der Waals surface area contributed by atoms with E-state index >= 15 is 0 Å². The van der Waals surface area contributed by atoms with Crippen LogP contribution >= 0.6 is 0 Å². The molecule has 0 rings (SSSR count). The molecular weight excluding hydrogens is 204 g/mol. The Kier molecular flexibility index (Phi) is 6.57. The molecule has 1 atom stereocenters. The molecule has 88 valence electrons. The van der Waals surface area contributed by atoms with Crippen molar-refractivity contribution >= 4 is 14.0 Å². The molecule has 0 aromatic carbocycles. The van der Waals surface area contributed by atoms with Crippen LogP contribution in [0.15, 0.2) is 12.2 Å². The van der Waals surface area contributed by atoms with Crippen LogP contribution in [0.2, 0.25) is 25.2 Å². The number of allylic oxidation sites excluding steroid dienone is 1. The quantitative estimate of drug-likeness (QED) is 0.300. The van der Waals surface area contributed by atoms with E-state index in [1.807, 2.05) is 6.08 Å². The van der Waals surface area contributed by atoms with Gasteiger partial charge in [0.15, 0.2) is 0 Å². The van der Waals surface area contributed by atoms with Crippen molar-refractivity contribution in [1.82, 2.24) is 0 Å². The number of hydrogen-bond acceptors (Lipinski definition) is 2. The summed E-state index contributed by atoms with van der Waals surface area (Å²) in [7, 11) is -0.0246. The minimum Gasteiger partial charge on any atom is -0.469 e. The van der Waals surface area contributed by atoms with E-state index in [2.05, 4.69) is 32.6 Å². The Morgan fingerprint density at radius 1 is 1.40 bits per heavy atom. The normalized spacial score (nSPS) is 14.2. The standard InChI is InChI=1S/C12H24O2Si/c1-6-7-8-9-10-11(12(13)14-2)15(3,4)5/h9-11H,6-8H2,1-5H3/b10-9+. The number of ether oxygens (including phenoxy) is 1. The van der Waals surface area contributed by atoms with Gasteiger partial charge < -0.3 is 4.74 Å². The fourth-order valence-electron chi connectivity index (χ4n) is 1.40. The van der Waals surface area contributed by atoms with Crippen LogP contribution in [0.3, 0.4) is 0 Å². The lowest BCUT2D eigenvalue weighted by Crippen LogP contribution is -2.33. The number of rotatable bonds is 6. The molecule has 2 nitrogen and oxygen atoms in total. The first-order valence-electron chi connectivity index (χ1n) is 5.68. The lowest BCUT2D eigenvalue weighted by atomic mass is 10.2. The third-order valence-corrected chi connectivity index (χ3v) is 4.74. The molecule has 1 unspecified atom stereocenters. The first-order chi connectivity index (χ1) is 6.93. The van der Waals surface area contributed by atoms with Crippen LogP contribution in [0.25, 0.3) is 0 Å². The van der Waals surface area contributed by atoms with Gasteiger partial charge in [0.05, 0.1) is 20.7 Å². The first-order valence-corrected chi connectivity index (χ1v) is 9.25. The number of esters is 1. The van der Waals surface area contributed by atoms with Gasteiger partial charge in [0.1, 0.15) is 0 Å². The van der Waals surface area contributed by atoms with Gasteiger partial charge in [-0.15, -0.1) is 0 Å². The molecule has 0 radical (unpaired) electrons. The van der Waals surface area contributed by atoms with Gasteiger partial charge in [-0.05, 0) is 6.42 Å². The largest absolute Gasteiger partial charge is 0.469 e. The summed E-state index contributed by atoms with van der Waals surface area (Å²) in [6, 6.07) is 0. The third-order valence-electron chi connectivity index (χ3n) is 2.44. The van der Waals surface area contributed by atoms with E-state index in [1.54, 1.807) is 0 Å². The SMILES string of the molecule is CCCC/C=C/C(C(=O)OC)[Si](C)(C)C.